The molecule has 14 heteroatoms. The van der Waals surface area contributed by atoms with Gasteiger partial charge >= 0.3 is 11.9 Å². The lowest BCUT2D eigenvalue weighted by Crippen LogP contribution is -2.12. The van der Waals surface area contributed by atoms with Gasteiger partial charge in [-0.05, 0) is 23.8 Å². The fraction of sp³-hybridized carbons (Fsp3) is 0.0909. The standard InChI is InChI=1S/C15H10N2O8.C7H8O3S/c18-14(19)9-4-1-2-5-10(9)15(20)25-8-11-12(16(21)22)6-3-7-13(11)17(23)24;8-11(9,10)6-7-4-2-1-3-5-7/h1-7H,8H2,(H,18,19);1-5H,6H2,(H,8,9,10). The summed E-state index contributed by atoms with van der Waals surface area (Å²) in [6.07, 6.45) is 0. The van der Waals surface area contributed by atoms with Gasteiger partial charge < -0.3 is 9.84 Å². The number of nitro groups is 2. The van der Waals surface area contributed by atoms with Crippen molar-refractivity contribution in [2.45, 2.75) is 12.4 Å². The van der Waals surface area contributed by atoms with Crippen LogP contribution in [0, 0.1) is 20.2 Å². The molecule has 3 rings (SSSR count). The molecule has 0 saturated carbocycles. The van der Waals surface area contributed by atoms with Crippen LogP contribution in [-0.2, 0) is 27.2 Å². The number of carbonyl (C=O) groups is 2. The Morgan fingerprint density at radius 2 is 1.31 bits per heavy atom. The van der Waals surface area contributed by atoms with E-state index in [2.05, 4.69) is 0 Å². The van der Waals surface area contributed by atoms with Gasteiger partial charge in [-0.25, -0.2) is 9.59 Å². The average molecular weight is 518 g/mol. The van der Waals surface area contributed by atoms with Crippen LogP contribution in [0.3, 0.4) is 0 Å². The summed E-state index contributed by atoms with van der Waals surface area (Å²) in [4.78, 5) is 43.6. The van der Waals surface area contributed by atoms with Crippen molar-refractivity contribution in [3.05, 3.63) is 115 Å². The number of ether oxygens (including phenoxy) is 1. The number of hydrogen-bond donors (Lipinski definition) is 2. The lowest BCUT2D eigenvalue weighted by molar-refractivity contribution is -0.396. The maximum absolute atomic E-state index is 12.1. The number of carbonyl (C=O) groups excluding carboxylic acids is 1. The van der Waals surface area contributed by atoms with E-state index in [0.29, 0.717) is 5.56 Å². The van der Waals surface area contributed by atoms with Gasteiger partial charge in [-0.3, -0.25) is 24.8 Å². The molecule has 0 fully saturated rings. The van der Waals surface area contributed by atoms with Crippen molar-refractivity contribution >= 4 is 33.4 Å². The molecule has 0 amide bonds. The summed E-state index contributed by atoms with van der Waals surface area (Å²) in [5.74, 6) is -2.73. The van der Waals surface area contributed by atoms with Gasteiger partial charge in [0.2, 0.25) is 0 Å². The van der Waals surface area contributed by atoms with E-state index in [4.69, 9.17) is 14.4 Å². The normalized spacial score (nSPS) is 10.5. The second-order valence-electron chi connectivity index (χ2n) is 6.93. The van der Waals surface area contributed by atoms with Crippen LogP contribution >= 0.6 is 0 Å². The van der Waals surface area contributed by atoms with Gasteiger partial charge in [0.15, 0.2) is 0 Å². The van der Waals surface area contributed by atoms with Crippen molar-refractivity contribution in [1.29, 1.82) is 0 Å². The summed E-state index contributed by atoms with van der Waals surface area (Å²) in [5, 5.41) is 31.1. The van der Waals surface area contributed by atoms with Gasteiger partial charge in [0.05, 0.1) is 21.0 Å². The van der Waals surface area contributed by atoms with Crippen molar-refractivity contribution in [3.8, 4) is 0 Å². The molecule has 2 N–H and O–H groups in total. The lowest BCUT2D eigenvalue weighted by atomic mass is 10.1. The largest absolute Gasteiger partial charge is 0.478 e. The average Bonchev–Trinajstić information content (AvgIpc) is 2.82. The van der Waals surface area contributed by atoms with Crippen molar-refractivity contribution in [2.75, 3.05) is 0 Å². The zero-order valence-electron chi connectivity index (χ0n) is 18.2. The number of hydrogen-bond acceptors (Lipinski definition) is 9. The van der Waals surface area contributed by atoms with Crippen LogP contribution in [0.2, 0.25) is 0 Å². The van der Waals surface area contributed by atoms with Gasteiger partial charge in [-0.15, -0.1) is 0 Å². The number of nitro benzene ring substituents is 2. The van der Waals surface area contributed by atoms with Crippen LogP contribution in [0.5, 0.6) is 0 Å². The van der Waals surface area contributed by atoms with Gasteiger partial charge in [0.25, 0.3) is 21.5 Å². The first kappa shape index (κ1) is 27.6. The Kier molecular flexibility index (Phi) is 9.29. The third-order valence-electron chi connectivity index (χ3n) is 4.44. The predicted octanol–water partition coefficient (Wildman–Crippen LogP) is 3.63. The van der Waals surface area contributed by atoms with E-state index in [1.54, 1.807) is 30.3 Å². The molecule has 188 valence electrons. The van der Waals surface area contributed by atoms with E-state index >= 15 is 0 Å². The highest BCUT2D eigenvalue weighted by Gasteiger charge is 2.26. The van der Waals surface area contributed by atoms with Crippen LogP contribution in [0.25, 0.3) is 0 Å². The number of carboxylic acid groups (broad SMARTS) is 1. The number of nitrogens with zero attached hydrogens (tertiary/aromatic N) is 2. The minimum atomic E-state index is -3.88. The topological polar surface area (TPSA) is 204 Å². The van der Waals surface area contributed by atoms with Crippen molar-refractivity contribution < 1.29 is 42.2 Å². The molecule has 0 atom stereocenters. The maximum Gasteiger partial charge on any atom is 0.339 e. The fourth-order valence-electron chi connectivity index (χ4n) is 2.90. The van der Waals surface area contributed by atoms with E-state index in [1.165, 1.54) is 24.3 Å². The quantitative estimate of drug-likeness (QED) is 0.190. The zero-order chi connectivity index (χ0) is 26.9. The van der Waals surface area contributed by atoms with Crippen molar-refractivity contribution in [3.63, 3.8) is 0 Å². The summed E-state index contributed by atoms with van der Waals surface area (Å²) >= 11 is 0. The highest BCUT2D eigenvalue weighted by molar-refractivity contribution is 7.85. The van der Waals surface area contributed by atoms with Crippen LogP contribution in [-0.4, -0.2) is 39.9 Å². The molecule has 0 unspecified atom stereocenters. The minimum Gasteiger partial charge on any atom is -0.478 e. The van der Waals surface area contributed by atoms with E-state index < -0.39 is 55.4 Å². The van der Waals surface area contributed by atoms with E-state index in [1.807, 2.05) is 0 Å². The van der Waals surface area contributed by atoms with Gasteiger partial charge in [0.1, 0.15) is 17.9 Å². The summed E-state index contributed by atoms with van der Waals surface area (Å²) < 4.78 is 34.0. The first-order valence-corrected chi connectivity index (χ1v) is 11.4. The Balaban J connectivity index is 0.000000346. The molecule has 0 bridgehead atoms. The predicted molar refractivity (Wildman–Crippen MR) is 124 cm³/mol. The highest BCUT2D eigenvalue weighted by Crippen LogP contribution is 2.29. The third-order valence-corrected chi connectivity index (χ3v) is 5.13. The van der Waals surface area contributed by atoms with E-state index in [0.717, 1.165) is 18.2 Å². The fourth-order valence-corrected chi connectivity index (χ4v) is 3.51. The molecule has 0 aliphatic carbocycles. The molecule has 0 aliphatic heterocycles. The Morgan fingerprint density at radius 3 is 1.78 bits per heavy atom. The molecule has 13 nitrogen and oxygen atoms in total. The smallest absolute Gasteiger partial charge is 0.339 e. The molecule has 0 radical (unpaired) electrons. The summed E-state index contributed by atoms with van der Waals surface area (Å²) in [5.41, 5.74) is -1.53. The summed E-state index contributed by atoms with van der Waals surface area (Å²) in [6, 6.07) is 17.0. The molecular weight excluding hydrogens is 500 g/mol. The van der Waals surface area contributed by atoms with E-state index in [-0.39, 0.29) is 16.9 Å². The van der Waals surface area contributed by atoms with Crippen molar-refractivity contribution in [2.24, 2.45) is 0 Å². The Labute approximate surface area is 203 Å². The molecule has 0 spiro atoms. The number of benzene rings is 3. The number of carboxylic acids is 1. The molecule has 0 saturated heterocycles. The number of esters is 1. The molecule has 0 aromatic heterocycles. The maximum atomic E-state index is 12.1. The van der Waals surface area contributed by atoms with Crippen LogP contribution in [0.15, 0.2) is 72.8 Å². The second kappa shape index (κ2) is 12.1. The molecule has 0 aliphatic rings. The SMILES string of the molecule is O=C(O)c1ccccc1C(=O)OCc1c([N+](=O)[O-])cccc1[N+](=O)[O-].O=S(=O)(O)Cc1ccccc1. The molecule has 3 aromatic rings. The van der Waals surface area contributed by atoms with Gasteiger partial charge in [0, 0.05) is 12.1 Å². The van der Waals surface area contributed by atoms with Crippen LogP contribution < -0.4 is 0 Å². The number of aromatic carboxylic acids is 1. The Bertz CT molecular complexity index is 1360. The summed E-state index contributed by atoms with van der Waals surface area (Å²) in [6.45, 7) is -0.750. The Hall–Kier alpha value is -4.69. The first-order valence-electron chi connectivity index (χ1n) is 9.80. The van der Waals surface area contributed by atoms with Gasteiger partial charge in [-0.1, -0.05) is 42.5 Å². The monoisotopic (exact) mass is 518 g/mol. The zero-order valence-corrected chi connectivity index (χ0v) is 19.0. The third kappa shape index (κ3) is 7.96. The summed E-state index contributed by atoms with van der Waals surface area (Å²) in [7, 11) is -3.88. The molecule has 36 heavy (non-hydrogen) atoms. The minimum absolute atomic E-state index is 0.267. The molecule has 0 heterocycles. The second-order valence-corrected chi connectivity index (χ2v) is 8.38. The highest BCUT2D eigenvalue weighted by atomic mass is 32.2. The molecule has 3 aromatic carbocycles. The van der Waals surface area contributed by atoms with Crippen LogP contribution in [0.1, 0.15) is 31.8 Å². The first-order chi connectivity index (χ1) is 16.9. The number of rotatable bonds is 8. The molecular formula is C22H18N2O11S. The van der Waals surface area contributed by atoms with E-state index in [9.17, 15) is 38.2 Å². The van der Waals surface area contributed by atoms with Gasteiger partial charge in [-0.2, -0.15) is 8.42 Å². The van der Waals surface area contributed by atoms with Crippen molar-refractivity contribution in [1.82, 2.24) is 0 Å². The lowest BCUT2D eigenvalue weighted by Gasteiger charge is -2.08. The Morgan fingerprint density at radius 1 is 0.806 bits per heavy atom. The van der Waals surface area contributed by atoms with Crippen LogP contribution in [0.4, 0.5) is 11.4 Å².